The average Bonchev–Trinajstić information content (AvgIpc) is 2.65. The summed E-state index contributed by atoms with van der Waals surface area (Å²) in [5.74, 6) is 0. The molecule has 0 amide bonds. The third kappa shape index (κ3) is 3.75. The van der Waals surface area contributed by atoms with E-state index in [2.05, 4.69) is 36.3 Å². The lowest BCUT2D eigenvalue weighted by Gasteiger charge is -2.10. The van der Waals surface area contributed by atoms with Crippen LogP contribution in [-0.4, -0.2) is 6.54 Å². The zero-order valence-corrected chi connectivity index (χ0v) is 8.94. The largest absolute Gasteiger partial charge is 0.309 e. The van der Waals surface area contributed by atoms with Crippen LogP contribution in [0.25, 0.3) is 0 Å². The standard InChI is InChI=1S/C11H17NS/c1-3-4-5-8-12-10(2)11-7-6-9-13-11/h3,6-7,9-10,12H,1,4-5,8H2,2H3. The molecule has 0 bridgehead atoms. The predicted octanol–water partition coefficient (Wildman–Crippen LogP) is 3.36. The van der Waals surface area contributed by atoms with Gasteiger partial charge in [0.05, 0.1) is 0 Å². The number of hydrogen-bond donors (Lipinski definition) is 1. The van der Waals surface area contributed by atoms with Crippen LogP contribution in [0.1, 0.15) is 30.7 Å². The molecule has 0 saturated heterocycles. The SMILES string of the molecule is C=CCCCNC(C)c1cccs1. The minimum atomic E-state index is 0.491. The number of thiophene rings is 1. The molecule has 0 radical (unpaired) electrons. The van der Waals surface area contributed by atoms with Crippen LogP contribution in [0.3, 0.4) is 0 Å². The van der Waals surface area contributed by atoms with Gasteiger partial charge in [-0.1, -0.05) is 12.1 Å². The molecular weight excluding hydrogens is 178 g/mol. The lowest BCUT2D eigenvalue weighted by Crippen LogP contribution is -2.18. The van der Waals surface area contributed by atoms with Crippen LogP contribution in [0.2, 0.25) is 0 Å². The van der Waals surface area contributed by atoms with Crippen molar-refractivity contribution in [2.45, 2.75) is 25.8 Å². The molecule has 1 atom stereocenters. The van der Waals surface area contributed by atoms with E-state index in [0.717, 1.165) is 13.0 Å². The summed E-state index contributed by atoms with van der Waals surface area (Å²) in [6.07, 6.45) is 4.25. The highest BCUT2D eigenvalue weighted by Crippen LogP contribution is 2.17. The molecule has 0 fully saturated rings. The van der Waals surface area contributed by atoms with Gasteiger partial charge in [0.15, 0.2) is 0 Å². The van der Waals surface area contributed by atoms with E-state index in [1.54, 1.807) is 0 Å². The van der Waals surface area contributed by atoms with E-state index in [1.807, 2.05) is 17.4 Å². The molecule has 0 saturated carbocycles. The van der Waals surface area contributed by atoms with Crippen LogP contribution in [-0.2, 0) is 0 Å². The van der Waals surface area contributed by atoms with Crippen LogP contribution in [0, 0.1) is 0 Å². The number of unbranched alkanes of at least 4 members (excludes halogenated alkanes) is 1. The first kappa shape index (κ1) is 10.5. The molecule has 1 nitrogen and oxygen atoms in total. The maximum Gasteiger partial charge on any atom is 0.0386 e. The van der Waals surface area contributed by atoms with E-state index in [0.29, 0.717) is 6.04 Å². The Morgan fingerprint density at radius 1 is 1.69 bits per heavy atom. The summed E-state index contributed by atoms with van der Waals surface area (Å²) in [7, 11) is 0. The first-order valence-corrected chi connectivity index (χ1v) is 5.60. The number of allylic oxidation sites excluding steroid dienone is 1. The number of rotatable bonds is 6. The minimum absolute atomic E-state index is 0.491. The molecule has 1 N–H and O–H groups in total. The van der Waals surface area contributed by atoms with Gasteiger partial charge in [-0.2, -0.15) is 0 Å². The van der Waals surface area contributed by atoms with Crippen molar-refractivity contribution >= 4 is 11.3 Å². The molecule has 72 valence electrons. The second kappa shape index (κ2) is 5.95. The molecule has 1 unspecified atom stereocenters. The fourth-order valence-electron chi connectivity index (χ4n) is 1.20. The molecule has 1 aromatic heterocycles. The Labute approximate surface area is 84.5 Å². The van der Waals surface area contributed by atoms with Crippen molar-refractivity contribution in [1.29, 1.82) is 0 Å². The summed E-state index contributed by atoms with van der Waals surface area (Å²) >= 11 is 1.81. The summed E-state index contributed by atoms with van der Waals surface area (Å²) in [6, 6.07) is 4.77. The summed E-state index contributed by atoms with van der Waals surface area (Å²) in [5, 5.41) is 5.60. The topological polar surface area (TPSA) is 12.0 Å². The summed E-state index contributed by atoms with van der Waals surface area (Å²) in [4.78, 5) is 1.42. The van der Waals surface area contributed by atoms with Gasteiger partial charge >= 0.3 is 0 Å². The average molecular weight is 195 g/mol. The number of hydrogen-bond acceptors (Lipinski definition) is 2. The van der Waals surface area contributed by atoms with Gasteiger partial charge in [0.1, 0.15) is 0 Å². The fourth-order valence-corrected chi connectivity index (χ4v) is 1.96. The van der Waals surface area contributed by atoms with Gasteiger partial charge < -0.3 is 5.32 Å². The van der Waals surface area contributed by atoms with Crippen molar-refractivity contribution < 1.29 is 0 Å². The summed E-state index contributed by atoms with van der Waals surface area (Å²) in [5.41, 5.74) is 0. The summed E-state index contributed by atoms with van der Waals surface area (Å²) < 4.78 is 0. The Hall–Kier alpha value is -0.600. The van der Waals surface area contributed by atoms with Crippen LogP contribution < -0.4 is 5.32 Å². The molecule has 2 heteroatoms. The second-order valence-electron chi connectivity index (χ2n) is 3.12. The van der Waals surface area contributed by atoms with Crippen molar-refractivity contribution in [3.05, 3.63) is 35.0 Å². The van der Waals surface area contributed by atoms with Gasteiger partial charge in [0, 0.05) is 10.9 Å². The second-order valence-corrected chi connectivity index (χ2v) is 4.10. The van der Waals surface area contributed by atoms with E-state index < -0.39 is 0 Å². The molecule has 0 aliphatic rings. The molecule has 1 rings (SSSR count). The zero-order valence-electron chi connectivity index (χ0n) is 8.12. The molecule has 1 heterocycles. The van der Waals surface area contributed by atoms with Gasteiger partial charge in [-0.05, 0) is 37.8 Å². The highest BCUT2D eigenvalue weighted by atomic mass is 32.1. The number of nitrogens with one attached hydrogen (secondary N) is 1. The van der Waals surface area contributed by atoms with Crippen molar-refractivity contribution in [3.8, 4) is 0 Å². The van der Waals surface area contributed by atoms with E-state index in [1.165, 1.54) is 11.3 Å². The van der Waals surface area contributed by atoms with Gasteiger partial charge in [-0.3, -0.25) is 0 Å². The van der Waals surface area contributed by atoms with E-state index >= 15 is 0 Å². The Kier molecular flexibility index (Phi) is 4.79. The third-order valence-corrected chi connectivity index (χ3v) is 3.06. The molecule has 0 aliphatic carbocycles. The lowest BCUT2D eigenvalue weighted by atomic mass is 10.2. The molecule has 13 heavy (non-hydrogen) atoms. The third-order valence-electron chi connectivity index (χ3n) is 2.01. The highest BCUT2D eigenvalue weighted by molar-refractivity contribution is 7.10. The van der Waals surface area contributed by atoms with E-state index in [-0.39, 0.29) is 0 Å². The smallest absolute Gasteiger partial charge is 0.0386 e. The Morgan fingerprint density at radius 2 is 2.54 bits per heavy atom. The van der Waals surface area contributed by atoms with Gasteiger partial charge in [0.25, 0.3) is 0 Å². The quantitative estimate of drug-likeness (QED) is 0.542. The van der Waals surface area contributed by atoms with Crippen molar-refractivity contribution in [3.63, 3.8) is 0 Å². The zero-order chi connectivity index (χ0) is 9.52. The molecule has 0 spiro atoms. The predicted molar refractivity (Wildman–Crippen MR) is 60.2 cm³/mol. The van der Waals surface area contributed by atoms with E-state index in [4.69, 9.17) is 0 Å². The first-order valence-electron chi connectivity index (χ1n) is 4.72. The fraction of sp³-hybridized carbons (Fsp3) is 0.455. The van der Waals surface area contributed by atoms with Gasteiger partial charge in [-0.15, -0.1) is 17.9 Å². The van der Waals surface area contributed by atoms with Crippen LogP contribution >= 0.6 is 11.3 Å². The monoisotopic (exact) mass is 195 g/mol. The highest BCUT2D eigenvalue weighted by Gasteiger charge is 2.03. The minimum Gasteiger partial charge on any atom is -0.309 e. The maximum atomic E-state index is 3.70. The molecule has 0 aliphatic heterocycles. The molecule has 0 aromatic carbocycles. The Morgan fingerprint density at radius 3 is 3.15 bits per heavy atom. The van der Waals surface area contributed by atoms with Crippen molar-refractivity contribution in [2.75, 3.05) is 6.54 Å². The van der Waals surface area contributed by atoms with Gasteiger partial charge in [0.2, 0.25) is 0 Å². The van der Waals surface area contributed by atoms with Crippen LogP contribution in [0.15, 0.2) is 30.2 Å². The van der Waals surface area contributed by atoms with Gasteiger partial charge in [-0.25, -0.2) is 0 Å². The summed E-state index contributed by atoms with van der Waals surface area (Å²) in [6.45, 7) is 6.98. The molecule has 1 aromatic rings. The first-order chi connectivity index (χ1) is 6.34. The van der Waals surface area contributed by atoms with Crippen molar-refractivity contribution in [1.82, 2.24) is 5.32 Å². The normalized spacial score (nSPS) is 12.7. The van der Waals surface area contributed by atoms with Crippen LogP contribution in [0.5, 0.6) is 0 Å². The lowest BCUT2D eigenvalue weighted by molar-refractivity contribution is 0.568. The van der Waals surface area contributed by atoms with Crippen molar-refractivity contribution in [2.24, 2.45) is 0 Å². The Balaban J connectivity index is 2.18. The van der Waals surface area contributed by atoms with E-state index in [9.17, 15) is 0 Å². The molecular formula is C11H17NS. The maximum absolute atomic E-state index is 3.70. The Bertz CT molecular complexity index is 228. The van der Waals surface area contributed by atoms with Crippen LogP contribution in [0.4, 0.5) is 0 Å².